The minimum atomic E-state index is -2.48. The van der Waals surface area contributed by atoms with Crippen LogP contribution in [0.1, 0.15) is 92.4 Å². The summed E-state index contributed by atoms with van der Waals surface area (Å²) in [6.07, 6.45) is 3.66. The molecule has 1 radical (unpaired) electrons. The van der Waals surface area contributed by atoms with E-state index in [0.717, 1.165) is 66.1 Å². The number of imidazole rings is 1. The smallest absolute Gasteiger partial charge is 0 e. The van der Waals surface area contributed by atoms with Crippen LogP contribution >= 0.6 is 0 Å². The second-order valence-electron chi connectivity index (χ2n) is 19.8. The van der Waals surface area contributed by atoms with Gasteiger partial charge in [0.05, 0.1) is 28.0 Å². The molecule has 0 spiro atoms. The summed E-state index contributed by atoms with van der Waals surface area (Å²) in [5.74, 6) is 7.30. The fraction of sp³-hybridized carbons (Fsp3) is 0.263. The van der Waals surface area contributed by atoms with E-state index in [1.54, 1.807) is 12.3 Å². The minimum absolute atomic E-state index is 0. The van der Waals surface area contributed by atoms with E-state index in [1.807, 2.05) is 24.4 Å². The molecule has 6 nitrogen and oxygen atoms in total. The van der Waals surface area contributed by atoms with Crippen LogP contribution in [0.25, 0.3) is 83.1 Å². The van der Waals surface area contributed by atoms with Crippen LogP contribution in [-0.4, -0.2) is 37.8 Å². The summed E-state index contributed by atoms with van der Waals surface area (Å²) < 4.78 is 46.7. The van der Waals surface area contributed by atoms with Gasteiger partial charge < -0.3 is 8.98 Å². The van der Waals surface area contributed by atoms with Crippen LogP contribution in [0, 0.1) is 31.7 Å². The number of fused-ring (bicyclic) bond motifs is 8. The van der Waals surface area contributed by atoms with Crippen molar-refractivity contribution in [2.75, 3.05) is 0 Å². The Balaban J connectivity index is 0.000000246. The standard InChI is InChI=1S/C42H39N4O.C15H17FGeN.Ir/c1-23(2)32-20-28(42(6,7)8)21-33(24(3)4)37(32)46-38-34(19-18-26-17-16-25(5)44-36(26)38)45-40(46)31-15-11-14-30-35-29-13-10-9-12-27(29)22-43-41(35)47-39(30)31;1-11-6-5-7-13(15(11)16)14-9-8-12(10-18-14)17(2,3)4;/h9-14,16-24H,1-8H3;5-6,8-10H,1-4H3;/q2*-1;/i;1D3;. The van der Waals surface area contributed by atoms with Crippen molar-refractivity contribution >= 4 is 72.4 Å². The summed E-state index contributed by atoms with van der Waals surface area (Å²) >= 11 is -1.97. The van der Waals surface area contributed by atoms with Crippen LogP contribution in [0.2, 0.25) is 17.3 Å². The molecule has 9 heteroatoms. The normalized spacial score (nSPS) is 13.0. The Hall–Kier alpha value is -5.54. The number of nitrogens with zero attached hydrogens (tertiary/aromatic N) is 5. The van der Waals surface area contributed by atoms with Crippen molar-refractivity contribution in [1.29, 1.82) is 0 Å². The average Bonchev–Trinajstić information content (AvgIpc) is 3.87. The molecule has 0 unspecified atom stereocenters. The molecule has 5 heterocycles. The number of furan rings is 1. The minimum Gasteiger partial charge on any atom is 0 e. The van der Waals surface area contributed by atoms with Gasteiger partial charge in [0.1, 0.15) is 0 Å². The zero-order chi connectivity index (χ0) is 48.6. The van der Waals surface area contributed by atoms with Gasteiger partial charge >= 0.3 is 114 Å². The molecule has 0 aliphatic heterocycles. The second kappa shape index (κ2) is 17.9. The van der Waals surface area contributed by atoms with Crippen molar-refractivity contribution in [3.63, 3.8) is 0 Å². The maximum absolute atomic E-state index is 14.4. The van der Waals surface area contributed by atoms with E-state index in [4.69, 9.17) is 23.5 Å². The van der Waals surface area contributed by atoms with Crippen LogP contribution in [0.4, 0.5) is 4.39 Å². The number of aryl methyl sites for hydroxylation is 2. The maximum atomic E-state index is 14.4. The first-order chi connectivity index (χ1) is 32.1. The van der Waals surface area contributed by atoms with Crippen LogP contribution in [0.15, 0.2) is 114 Å². The number of aromatic nitrogens is 5. The van der Waals surface area contributed by atoms with Crippen LogP contribution in [0.3, 0.4) is 0 Å². The Bertz CT molecular complexity index is 3540. The van der Waals surface area contributed by atoms with E-state index in [-0.39, 0.29) is 48.5 Å². The fourth-order valence-electron chi connectivity index (χ4n) is 8.66. The maximum Gasteiger partial charge on any atom is 0 e. The molecule has 66 heavy (non-hydrogen) atoms. The van der Waals surface area contributed by atoms with Crippen molar-refractivity contribution in [2.45, 2.75) is 96.8 Å². The summed E-state index contributed by atoms with van der Waals surface area (Å²) in [7, 11) is 0. The summed E-state index contributed by atoms with van der Waals surface area (Å²) in [6, 6.07) is 38.4. The summed E-state index contributed by atoms with van der Waals surface area (Å²) in [5.41, 5.74) is 11.3. The molecular weight excluding hydrogens is 1050 g/mol. The van der Waals surface area contributed by atoms with Gasteiger partial charge in [-0.05, 0) is 58.4 Å². The monoisotopic (exact) mass is 1120 g/mol. The molecule has 0 N–H and O–H groups in total. The molecule has 0 bridgehead atoms. The molecule has 0 saturated carbocycles. The number of hydrogen-bond acceptors (Lipinski definition) is 5. The van der Waals surface area contributed by atoms with Gasteiger partial charge in [0.15, 0.2) is 0 Å². The Morgan fingerprint density at radius 3 is 2.14 bits per heavy atom. The van der Waals surface area contributed by atoms with E-state index in [2.05, 4.69) is 155 Å². The molecule has 0 aliphatic carbocycles. The predicted octanol–water partition coefficient (Wildman–Crippen LogP) is 14.9. The van der Waals surface area contributed by atoms with E-state index >= 15 is 0 Å². The van der Waals surface area contributed by atoms with Gasteiger partial charge in [0.2, 0.25) is 5.71 Å². The largest absolute Gasteiger partial charge is 0 e. The molecule has 0 fully saturated rings. The summed E-state index contributed by atoms with van der Waals surface area (Å²) in [5, 5.41) is 5.31. The third kappa shape index (κ3) is 8.53. The first kappa shape index (κ1) is 43.1. The average molecular weight is 1110 g/mol. The Kier molecular flexibility index (Phi) is 11.7. The number of halogens is 1. The Morgan fingerprint density at radius 2 is 1.47 bits per heavy atom. The van der Waals surface area contributed by atoms with Gasteiger partial charge in [-0.2, -0.15) is 0 Å². The second-order valence-corrected chi connectivity index (χ2v) is 30.4. The van der Waals surface area contributed by atoms with Crippen molar-refractivity contribution in [1.82, 2.24) is 24.5 Å². The zero-order valence-electron chi connectivity index (χ0n) is 42.4. The number of pyridine rings is 3. The van der Waals surface area contributed by atoms with Crippen molar-refractivity contribution in [3.05, 3.63) is 155 Å². The molecule has 10 aromatic rings. The van der Waals surface area contributed by atoms with Gasteiger partial charge in [-0.1, -0.05) is 108 Å². The van der Waals surface area contributed by atoms with E-state index < -0.39 is 25.9 Å². The molecule has 5 aromatic carbocycles. The zero-order valence-corrected chi connectivity index (χ0v) is 43.9. The van der Waals surface area contributed by atoms with Crippen molar-refractivity contribution in [2.24, 2.45) is 0 Å². The Morgan fingerprint density at radius 1 is 0.773 bits per heavy atom. The van der Waals surface area contributed by atoms with Gasteiger partial charge in [-0.15, -0.1) is 18.2 Å². The van der Waals surface area contributed by atoms with Crippen LogP contribution in [-0.2, 0) is 25.5 Å². The van der Waals surface area contributed by atoms with Crippen molar-refractivity contribution < 1.29 is 33.0 Å². The number of hydrogen-bond donors (Lipinski definition) is 0. The molecule has 0 aliphatic rings. The number of rotatable bonds is 6. The molecule has 0 atom stereocenters. The first-order valence-corrected chi connectivity index (χ1v) is 29.7. The van der Waals surface area contributed by atoms with Gasteiger partial charge in [0.25, 0.3) is 0 Å². The van der Waals surface area contributed by atoms with Crippen LogP contribution in [0.5, 0.6) is 0 Å². The Labute approximate surface area is 408 Å². The fourth-order valence-corrected chi connectivity index (χ4v) is 10.8. The number of benzene rings is 5. The molecule has 5 aromatic heterocycles. The van der Waals surface area contributed by atoms with E-state index in [0.29, 0.717) is 11.4 Å². The SMILES string of the molecule is Cc1ccc2ccc3nc(-c4[c-]ccc5c4oc4ncc6ccccc6c45)n(-c4c(C(C)C)cc(C(C)(C)C)cc4C(C)C)c3c2n1.[2H]C([2H])([2H])c1cc[c-]c(-c2cc[c]([Ge]([CH3])([CH3])[CH3])cn2)c1F.[Ir]. The van der Waals surface area contributed by atoms with Gasteiger partial charge in [0, 0.05) is 53.8 Å². The molecule has 337 valence electrons. The predicted molar refractivity (Wildman–Crippen MR) is 271 cm³/mol. The van der Waals surface area contributed by atoms with Gasteiger partial charge in [-0.3, -0.25) is 9.97 Å². The first-order valence-electron chi connectivity index (χ1n) is 23.9. The van der Waals surface area contributed by atoms with Crippen LogP contribution < -0.4 is 4.40 Å². The summed E-state index contributed by atoms with van der Waals surface area (Å²) in [6.45, 7) is 15.6. The summed E-state index contributed by atoms with van der Waals surface area (Å²) in [4.78, 5) is 19.6. The molecule has 0 saturated heterocycles. The third-order valence-electron chi connectivity index (χ3n) is 12.3. The quantitative estimate of drug-likeness (QED) is 0.123. The molecule has 10 rings (SSSR count). The van der Waals surface area contributed by atoms with Crippen molar-refractivity contribution in [3.8, 4) is 28.3 Å². The van der Waals surface area contributed by atoms with E-state index in [1.165, 1.54) is 38.9 Å². The van der Waals surface area contributed by atoms with Gasteiger partial charge in [-0.25, -0.2) is 4.98 Å². The third-order valence-corrected chi connectivity index (χ3v) is 16.6. The molecule has 0 amide bonds. The molecular formula is C57H56FGeIrN5O-2. The topological polar surface area (TPSA) is 69.6 Å². The van der Waals surface area contributed by atoms with E-state index in [9.17, 15) is 4.39 Å².